The minimum atomic E-state index is 0.553. The summed E-state index contributed by atoms with van der Waals surface area (Å²) in [6.45, 7) is 14.4. The molecule has 0 aliphatic heterocycles. The van der Waals surface area contributed by atoms with Gasteiger partial charge in [0.2, 0.25) is 0 Å². The predicted octanol–water partition coefficient (Wildman–Crippen LogP) is 5.45. The maximum atomic E-state index is 5.58. The summed E-state index contributed by atoms with van der Waals surface area (Å²) in [5, 5.41) is 0. The molecule has 0 saturated carbocycles. The lowest BCUT2D eigenvalue weighted by atomic mass is 10.1. The van der Waals surface area contributed by atoms with Crippen molar-refractivity contribution in [3.63, 3.8) is 0 Å². The topological polar surface area (TPSA) is 73.8 Å². The van der Waals surface area contributed by atoms with Gasteiger partial charge in [-0.3, -0.25) is 0 Å². The molecule has 8 heteroatoms. The van der Waals surface area contributed by atoms with Crippen molar-refractivity contribution in [2.75, 3.05) is 106 Å². The third-order valence-corrected chi connectivity index (χ3v) is 5.64. The standard InChI is InChI=1S/C29H60O8/c1-3-5-7-9-11-13-15-31-17-19-33-21-23-35-25-27-37-29-28-36-26-24-34-22-20-32-18-16-30-14-12-10-8-6-4-2/h3-29H2,1-2H3. The molecule has 0 bridgehead atoms. The molecule has 0 aliphatic rings. The first-order valence-electron chi connectivity index (χ1n) is 15.0. The third kappa shape index (κ3) is 35.7. The van der Waals surface area contributed by atoms with Gasteiger partial charge in [-0.15, -0.1) is 0 Å². The lowest BCUT2D eigenvalue weighted by Crippen LogP contribution is -2.15. The van der Waals surface area contributed by atoms with Gasteiger partial charge in [0.25, 0.3) is 0 Å². The first-order chi connectivity index (χ1) is 18.4. The van der Waals surface area contributed by atoms with Crippen LogP contribution in [0.2, 0.25) is 0 Å². The van der Waals surface area contributed by atoms with E-state index in [0.29, 0.717) is 92.5 Å². The van der Waals surface area contributed by atoms with Crippen LogP contribution in [0, 0.1) is 0 Å². The maximum Gasteiger partial charge on any atom is 0.0701 e. The van der Waals surface area contributed by atoms with Gasteiger partial charge in [-0.05, 0) is 12.8 Å². The van der Waals surface area contributed by atoms with Crippen LogP contribution in [0.15, 0.2) is 0 Å². The summed E-state index contributed by atoms with van der Waals surface area (Å²) < 4.78 is 44.1. The number of hydrogen-bond acceptors (Lipinski definition) is 8. The molecule has 0 aromatic carbocycles. The molecule has 0 unspecified atom stereocenters. The number of hydrogen-bond donors (Lipinski definition) is 0. The second-order valence-corrected chi connectivity index (χ2v) is 9.08. The molecule has 0 atom stereocenters. The van der Waals surface area contributed by atoms with Gasteiger partial charge in [-0.2, -0.15) is 0 Å². The molecule has 0 N–H and O–H groups in total. The lowest BCUT2D eigenvalue weighted by molar-refractivity contribution is -0.0232. The zero-order valence-corrected chi connectivity index (χ0v) is 24.4. The molecule has 0 rings (SSSR count). The Morgan fingerprint density at radius 2 is 0.405 bits per heavy atom. The molecular formula is C29H60O8. The fourth-order valence-corrected chi connectivity index (χ4v) is 3.43. The summed E-state index contributed by atoms with van der Waals surface area (Å²) in [6, 6.07) is 0. The van der Waals surface area contributed by atoms with Crippen LogP contribution in [0.25, 0.3) is 0 Å². The Bertz CT molecular complexity index is 353. The Morgan fingerprint density at radius 1 is 0.216 bits per heavy atom. The van der Waals surface area contributed by atoms with Gasteiger partial charge in [0.05, 0.1) is 92.5 Å². The molecule has 37 heavy (non-hydrogen) atoms. The Labute approximate surface area is 228 Å². The zero-order valence-electron chi connectivity index (χ0n) is 24.4. The molecule has 0 fully saturated rings. The second kappa shape index (κ2) is 35.7. The van der Waals surface area contributed by atoms with Crippen molar-refractivity contribution in [1.29, 1.82) is 0 Å². The van der Waals surface area contributed by atoms with Crippen molar-refractivity contribution in [2.45, 2.75) is 84.5 Å². The average Bonchev–Trinajstić information content (AvgIpc) is 2.91. The first-order valence-corrected chi connectivity index (χ1v) is 15.0. The lowest BCUT2D eigenvalue weighted by Gasteiger charge is -2.09. The summed E-state index contributed by atoms with van der Waals surface area (Å²) in [4.78, 5) is 0. The van der Waals surface area contributed by atoms with Crippen molar-refractivity contribution >= 4 is 0 Å². The highest BCUT2D eigenvalue weighted by atomic mass is 16.6. The summed E-state index contributed by atoms with van der Waals surface area (Å²) in [7, 11) is 0. The van der Waals surface area contributed by atoms with Crippen molar-refractivity contribution in [2.24, 2.45) is 0 Å². The van der Waals surface area contributed by atoms with Crippen LogP contribution < -0.4 is 0 Å². The van der Waals surface area contributed by atoms with E-state index < -0.39 is 0 Å². The SMILES string of the molecule is CCCCCCCCOCCOCCOCCOCCOCCOCCOCCOCCCCCCC. The second-order valence-electron chi connectivity index (χ2n) is 9.08. The minimum Gasteiger partial charge on any atom is -0.379 e. The third-order valence-electron chi connectivity index (χ3n) is 5.64. The van der Waals surface area contributed by atoms with Gasteiger partial charge in [-0.25, -0.2) is 0 Å². The van der Waals surface area contributed by atoms with Crippen LogP contribution in [0.4, 0.5) is 0 Å². The highest BCUT2D eigenvalue weighted by Gasteiger charge is 1.96. The molecule has 0 aromatic heterocycles. The molecule has 0 aliphatic carbocycles. The maximum absolute atomic E-state index is 5.58. The van der Waals surface area contributed by atoms with Gasteiger partial charge < -0.3 is 37.9 Å². The monoisotopic (exact) mass is 536 g/mol. The predicted molar refractivity (Wildman–Crippen MR) is 149 cm³/mol. The first kappa shape index (κ1) is 36.7. The molecule has 0 spiro atoms. The van der Waals surface area contributed by atoms with E-state index in [9.17, 15) is 0 Å². The van der Waals surface area contributed by atoms with E-state index in [2.05, 4.69) is 13.8 Å². The Hall–Kier alpha value is -0.320. The number of ether oxygens (including phenoxy) is 8. The summed E-state index contributed by atoms with van der Waals surface area (Å²) >= 11 is 0. The Kier molecular flexibility index (Phi) is 35.4. The minimum absolute atomic E-state index is 0.553. The zero-order chi connectivity index (χ0) is 26.7. The van der Waals surface area contributed by atoms with Gasteiger partial charge in [0.15, 0.2) is 0 Å². The molecule has 8 nitrogen and oxygen atoms in total. The molecular weight excluding hydrogens is 476 g/mol. The summed E-state index contributed by atoms with van der Waals surface area (Å²) in [5.74, 6) is 0. The molecule has 0 radical (unpaired) electrons. The molecule has 0 saturated heterocycles. The highest BCUT2D eigenvalue weighted by molar-refractivity contribution is 4.44. The molecule has 0 heterocycles. The van der Waals surface area contributed by atoms with Crippen LogP contribution in [-0.4, -0.2) is 106 Å². The highest BCUT2D eigenvalue weighted by Crippen LogP contribution is 2.05. The van der Waals surface area contributed by atoms with E-state index in [4.69, 9.17) is 37.9 Å². The summed E-state index contributed by atoms with van der Waals surface area (Å²) in [5.41, 5.74) is 0. The number of rotatable bonds is 34. The van der Waals surface area contributed by atoms with E-state index in [1.807, 2.05) is 0 Å². The normalized spacial score (nSPS) is 11.5. The van der Waals surface area contributed by atoms with Gasteiger partial charge in [-0.1, -0.05) is 71.6 Å². The van der Waals surface area contributed by atoms with E-state index in [1.165, 1.54) is 57.8 Å². The fraction of sp³-hybridized carbons (Fsp3) is 1.00. The van der Waals surface area contributed by atoms with E-state index >= 15 is 0 Å². The molecule has 224 valence electrons. The number of unbranched alkanes of at least 4 members (excludes halogenated alkanes) is 9. The van der Waals surface area contributed by atoms with E-state index in [-0.39, 0.29) is 0 Å². The van der Waals surface area contributed by atoms with Crippen molar-refractivity contribution in [3.05, 3.63) is 0 Å². The van der Waals surface area contributed by atoms with E-state index in [1.54, 1.807) is 0 Å². The summed E-state index contributed by atoms with van der Waals surface area (Å²) in [6.07, 6.45) is 14.1. The van der Waals surface area contributed by atoms with Gasteiger partial charge in [0, 0.05) is 13.2 Å². The van der Waals surface area contributed by atoms with E-state index in [0.717, 1.165) is 26.1 Å². The molecule has 0 aromatic rings. The average molecular weight is 537 g/mol. The van der Waals surface area contributed by atoms with Crippen LogP contribution in [0.1, 0.15) is 84.5 Å². The quantitative estimate of drug-likeness (QED) is 0.101. The molecule has 0 amide bonds. The van der Waals surface area contributed by atoms with Crippen molar-refractivity contribution in [1.82, 2.24) is 0 Å². The van der Waals surface area contributed by atoms with Gasteiger partial charge >= 0.3 is 0 Å². The Balaban J connectivity index is 3.00. The Morgan fingerprint density at radius 3 is 0.649 bits per heavy atom. The van der Waals surface area contributed by atoms with Crippen molar-refractivity contribution < 1.29 is 37.9 Å². The van der Waals surface area contributed by atoms with Crippen molar-refractivity contribution in [3.8, 4) is 0 Å². The largest absolute Gasteiger partial charge is 0.379 e. The smallest absolute Gasteiger partial charge is 0.0701 e. The van der Waals surface area contributed by atoms with Crippen LogP contribution in [0.3, 0.4) is 0 Å². The fourth-order valence-electron chi connectivity index (χ4n) is 3.43. The van der Waals surface area contributed by atoms with Crippen LogP contribution in [-0.2, 0) is 37.9 Å². The van der Waals surface area contributed by atoms with Crippen LogP contribution in [0.5, 0.6) is 0 Å². The van der Waals surface area contributed by atoms with Gasteiger partial charge in [0.1, 0.15) is 0 Å². The van der Waals surface area contributed by atoms with Crippen LogP contribution >= 0.6 is 0 Å².